The zero-order valence-corrected chi connectivity index (χ0v) is 11.6. The SMILES string of the molecule is CCC(Cc1cc(Cl)ccc1Br)C(=O)OC. The molecule has 2 nitrogen and oxygen atoms in total. The molecule has 0 spiro atoms. The summed E-state index contributed by atoms with van der Waals surface area (Å²) >= 11 is 9.37. The second-order valence-corrected chi connectivity index (χ2v) is 4.86. The van der Waals surface area contributed by atoms with E-state index in [0.717, 1.165) is 16.5 Å². The molecule has 1 aromatic rings. The van der Waals surface area contributed by atoms with Gasteiger partial charge in [-0.3, -0.25) is 4.79 Å². The van der Waals surface area contributed by atoms with Crippen molar-refractivity contribution in [2.24, 2.45) is 5.92 Å². The van der Waals surface area contributed by atoms with E-state index in [1.54, 1.807) is 0 Å². The molecule has 0 aliphatic rings. The van der Waals surface area contributed by atoms with Crippen molar-refractivity contribution in [1.82, 2.24) is 0 Å². The maximum Gasteiger partial charge on any atom is 0.308 e. The maximum absolute atomic E-state index is 11.5. The lowest BCUT2D eigenvalue weighted by molar-refractivity contribution is -0.145. The predicted octanol–water partition coefficient (Wildman–Crippen LogP) is 3.84. The van der Waals surface area contributed by atoms with Crippen molar-refractivity contribution >= 4 is 33.5 Å². The fraction of sp³-hybridized carbons (Fsp3) is 0.417. The van der Waals surface area contributed by atoms with Crippen LogP contribution in [-0.2, 0) is 16.0 Å². The monoisotopic (exact) mass is 304 g/mol. The van der Waals surface area contributed by atoms with Gasteiger partial charge in [-0.25, -0.2) is 0 Å². The van der Waals surface area contributed by atoms with Crippen molar-refractivity contribution in [3.05, 3.63) is 33.3 Å². The molecule has 1 atom stereocenters. The molecule has 0 radical (unpaired) electrons. The molecule has 16 heavy (non-hydrogen) atoms. The van der Waals surface area contributed by atoms with Crippen LogP contribution in [0.5, 0.6) is 0 Å². The van der Waals surface area contributed by atoms with Gasteiger partial charge >= 0.3 is 5.97 Å². The van der Waals surface area contributed by atoms with Gasteiger partial charge < -0.3 is 4.74 Å². The number of rotatable bonds is 4. The fourth-order valence-electron chi connectivity index (χ4n) is 1.53. The Morgan fingerprint density at radius 3 is 2.81 bits per heavy atom. The van der Waals surface area contributed by atoms with Crippen molar-refractivity contribution in [2.75, 3.05) is 7.11 Å². The Bertz CT molecular complexity index is 379. The molecule has 0 amide bonds. The van der Waals surface area contributed by atoms with Crippen LogP contribution in [-0.4, -0.2) is 13.1 Å². The molecule has 0 bridgehead atoms. The standard InChI is InChI=1S/C12H14BrClO2/c1-3-8(12(15)16-2)6-9-7-10(14)4-5-11(9)13/h4-5,7-8H,3,6H2,1-2H3. The Labute approximate surface area is 109 Å². The van der Waals surface area contributed by atoms with Crippen molar-refractivity contribution in [3.63, 3.8) is 0 Å². The third kappa shape index (κ3) is 3.49. The van der Waals surface area contributed by atoms with Gasteiger partial charge in [0.25, 0.3) is 0 Å². The average Bonchev–Trinajstić information content (AvgIpc) is 2.29. The van der Waals surface area contributed by atoms with Gasteiger partial charge in [0.1, 0.15) is 0 Å². The Kier molecular flexibility index (Phi) is 5.29. The predicted molar refractivity (Wildman–Crippen MR) is 68.7 cm³/mol. The summed E-state index contributed by atoms with van der Waals surface area (Å²) in [6, 6.07) is 5.58. The minimum Gasteiger partial charge on any atom is -0.469 e. The third-order valence-electron chi connectivity index (χ3n) is 2.50. The van der Waals surface area contributed by atoms with Crippen LogP contribution in [0.4, 0.5) is 0 Å². The van der Waals surface area contributed by atoms with Crippen LogP contribution in [0.15, 0.2) is 22.7 Å². The number of carbonyl (C=O) groups excluding carboxylic acids is 1. The summed E-state index contributed by atoms with van der Waals surface area (Å²) < 4.78 is 5.73. The van der Waals surface area contributed by atoms with Crippen LogP contribution in [0, 0.1) is 5.92 Å². The molecule has 1 aromatic carbocycles. The van der Waals surface area contributed by atoms with Gasteiger partial charge in [-0.05, 0) is 36.6 Å². The summed E-state index contributed by atoms with van der Waals surface area (Å²) in [6.07, 6.45) is 1.40. The molecule has 1 unspecified atom stereocenters. The summed E-state index contributed by atoms with van der Waals surface area (Å²) in [6.45, 7) is 1.97. The van der Waals surface area contributed by atoms with E-state index in [9.17, 15) is 4.79 Å². The van der Waals surface area contributed by atoms with Gasteiger partial charge in [0.2, 0.25) is 0 Å². The van der Waals surface area contributed by atoms with Crippen molar-refractivity contribution in [3.8, 4) is 0 Å². The second-order valence-electron chi connectivity index (χ2n) is 3.57. The van der Waals surface area contributed by atoms with Crippen LogP contribution < -0.4 is 0 Å². The highest BCUT2D eigenvalue weighted by atomic mass is 79.9. The van der Waals surface area contributed by atoms with Crippen LogP contribution in [0.25, 0.3) is 0 Å². The highest BCUT2D eigenvalue weighted by molar-refractivity contribution is 9.10. The number of hydrogen-bond donors (Lipinski definition) is 0. The van der Waals surface area contributed by atoms with E-state index in [1.165, 1.54) is 7.11 Å². The molecule has 0 fully saturated rings. The van der Waals surface area contributed by atoms with E-state index in [4.69, 9.17) is 16.3 Å². The van der Waals surface area contributed by atoms with Gasteiger partial charge in [0.15, 0.2) is 0 Å². The first-order valence-corrected chi connectivity index (χ1v) is 6.27. The molecule has 1 rings (SSSR count). The molecular weight excluding hydrogens is 291 g/mol. The lowest BCUT2D eigenvalue weighted by Crippen LogP contribution is -2.18. The van der Waals surface area contributed by atoms with E-state index in [0.29, 0.717) is 11.4 Å². The minimum absolute atomic E-state index is 0.111. The highest BCUT2D eigenvalue weighted by Crippen LogP contribution is 2.25. The summed E-state index contributed by atoms with van der Waals surface area (Å²) in [7, 11) is 1.41. The summed E-state index contributed by atoms with van der Waals surface area (Å²) in [5.41, 5.74) is 1.03. The first-order valence-electron chi connectivity index (χ1n) is 5.10. The number of methoxy groups -OCH3 is 1. The fourth-order valence-corrected chi connectivity index (χ4v) is 2.13. The second kappa shape index (κ2) is 6.26. The molecule has 0 N–H and O–H groups in total. The number of benzene rings is 1. The number of ether oxygens (including phenoxy) is 1. The summed E-state index contributed by atoms with van der Waals surface area (Å²) in [4.78, 5) is 11.5. The molecule has 0 aromatic heterocycles. The van der Waals surface area contributed by atoms with Crippen molar-refractivity contribution in [1.29, 1.82) is 0 Å². The molecular formula is C12H14BrClO2. The van der Waals surface area contributed by atoms with E-state index in [2.05, 4.69) is 15.9 Å². The average molecular weight is 306 g/mol. The number of halogens is 2. The molecule has 0 saturated carbocycles. The maximum atomic E-state index is 11.5. The van der Waals surface area contributed by atoms with Crippen LogP contribution in [0.3, 0.4) is 0 Å². The molecule has 0 aliphatic carbocycles. The Balaban J connectivity index is 2.85. The van der Waals surface area contributed by atoms with Gasteiger partial charge in [-0.15, -0.1) is 0 Å². The normalized spacial score (nSPS) is 12.2. The molecule has 4 heteroatoms. The topological polar surface area (TPSA) is 26.3 Å². The lowest BCUT2D eigenvalue weighted by Gasteiger charge is -2.13. The van der Waals surface area contributed by atoms with Gasteiger partial charge in [-0.2, -0.15) is 0 Å². The number of carbonyl (C=O) groups is 1. The molecule has 0 aliphatic heterocycles. The van der Waals surface area contributed by atoms with Crippen molar-refractivity contribution < 1.29 is 9.53 Å². The van der Waals surface area contributed by atoms with Crippen LogP contribution >= 0.6 is 27.5 Å². The highest BCUT2D eigenvalue weighted by Gasteiger charge is 2.18. The third-order valence-corrected chi connectivity index (χ3v) is 3.51. The van der Waals surface area contributed by atoms with E-state index >= 15 is 0 Å². The Morgan fingerprint density at radius 1 is 1.56 bits per heavy atom. The van der Waals surface area contributed by atoms with Crippen LogP contribution in [0.1, 0.15) is 18.9 Å². The molecule has 0 heterocycles. The largest absolute Gasteiger partial charge is 0.469 e. The minimum atomic E-state index is -0.172. The Morgan fingerprint density at radius 2 is 2.25 bits per heavy atom. The number of esters is 1. The quantitative estimate of drug-likeness (QED) is 0.790. The van der Waals surface area contributed by atoms with Crippen LogP contribution in [0.2, 0.25) is 5.02 Å². The number of hydrogen-bond acceptors (Lipinski definition) is 2. The van der Waals surface area contributed by atoms with Gasteiger partial charge in [-0.1, -0.05) is 34.5 Å². The summed E-state index contributed by atoms with van der Waals surface area (Å²) in [5, 5.41) is 0.679. The van der Waals surface area contributed by atoms with E-state index in [-0.39, 0.29) is 11.9 Å². The zero-order valence-electron chi connectivity index (χ0n) is 9.30. The van der Waals surface area contributed by atoms with E-state index in [1.807, 2.05) is 25.1 Å². The van der Waals surface area contributed by atoms with Gasteiger partial charge in [0, 0.05) is 9.50 Å². The first-order chi connectivity index (χ1) is 7.58. The lowest BCUT2D eigenvalue weighted by atomic mass is 9.97. The Hall–Kier alpha value is -0.540. The van der Waals surface area contributed by atoms with E-state index < -0.39 is 0 Å². The van der Waals surface area contributed by atoms with Crippen molar-refractivity contribution in [2.45, 2.75) is 19.8 Å². The molecule has 88 valence electrons. The zero-order chi connectivity index (χ0) is 12.1. The van der Waals surface area contributed by atoms with Gasteiger partial charge in [0.05, 0.1) is 13.0 Å². The summed E-state index contributed by atoms with van der Waals surface area (Å²) in [5.74, 6) is -0.283. The smallest absolute Gasteiger partial charge is 0.308 e. The first kappa shape index (κ1) is 13.5. The molecule has 0 saturated heterocycles.